The third kappa shape index (κ3) is 6.48. The number of anilines is 1. The van der Waals surface area contributed by atoms with E-state index in [0.29, 0.717) is 11.4 Å². The van der Waals surface area contributed by atoms with Gasteiger partial charge in [0.25, 0.3) is 0 Å². The zero-order valence-electron chi connectivity index (χ0n) is 12.4. The van der Waals surface area contributed by atoms with Crippen molar-refractivity contribution in [2.45, 2.75) is 39.7 Å². The minimum absolute atomic E-state index is 0.0444. The van der Waals surface area contributed by atoms with Crippen molar-refractivity contribution in [3.8, 4) is 5.75 Å². The summed E-state index contributed by atoms with van der Waals surface area (Å²) in [6.45, 7) is 5.60. The van der Waals surface area contributed by atoms with Crippen LogP contribution in [0.5, 0.6) is 5.75 Å². The van der Waals surface area contributed by atoms with Crippen molar-refractivity contribution in [1.29, 1.82) is 0 Å². The molecule has 0 saturated heterocycles. The predicted molar refractivity (Wildman–Crippen MR) is 81.2 cm³/mol. The molecule has 21 heavy (non-hydrogen) atoms. The van der Waals surface area contributed by atoms with Gasteiger partial charge in [0.05, 0.1) is 17.5 Å². The molecule has 7 heteroatoms. The van der Waals surface area contributed by atoms with Gasteiger partial charge in [-0.1, -0.05) is 0 Å². The second-order valence-corrected chi connectivity index (χ2v) is 6.90. The van der Waals surface area contributed by atoms with Crippen LogP contribution in [0.2, 0.25) is 0 Å². The first-order valence-corrected chi connectivity index (χ1v) is 8.34. The number of nitrogens with one attached hydrogen (secondary N) is 1. The van der Waals surface area contributed by atoms with Crippen molar-refractivity contribution < 1.29 is 23.1 Å². The molecular weight excluding hydrogens is 294 g/mol. The van der Waals surface area contributed by atoms with Gasteiger partial charge < -0.3 is 9.84 Å². The average molecular weight is 315 g/mol. The van der Waals surface area contributed by atoms with Gasteiger partial charge in [-0.25, -0.2) is 8.42 Å². The van der Waals surface area contributed by atoms with Crippen LogP contribution in [0.3, 0.4) is 0 Å². The molecule has 1 aromatic carbocycles. The molecule has 0 aliphatic heterocycles. The molecule has 0 aromatic heterocycles. The normalized spacial score (nSPS) is 11.4. The Morgan fingerprint density at radius 2 is 2.05 bits per heavy atom. The Morgan fingerprint density at radius 1 is 1.38 bits per heavy atom. The van der Waals surface area contributed by atoms with Crippen LogP contribution in [-0.4, -0.2) is 31.4 Å². The smallest absolute Gasteiger partial charge is 0.303 e. The van der Waals surface area contributed by atoms with E-state index < -0.39 is 16.0 Å². The summed E-state index contributed by atoms with van der Waals surface area (Å²) in [6.07, 6.45) is -0.0396. The summed E-state index contributed by atoms with van der Waals surface area (Å²) < 4.78 is 31.7. The average Bonchev–Trinajstić information content (AvgIpc) is 2.31. The number of ether oxygens (including phenoxy) is 1. The number of aryl methyl sites for hydroxylation is 1. The van der Waals surface area contributed by atoms with E-state index in [4.69, 9.17) is 9.84 Å². The van der Waals surface area contributed by atoms with Crippen molar-refractivity contribution in [3.63, 3.8) is 0 Å². The van der Waals surface area contributed by atoms with Crippen molar-refractivity contribution >= 4 is 21.7 Å². The van der Waals surface area contributed by atoms with Gasteiger partial charge in [-0.15, -0.1) is 0 Å². The van der Waals surface area contributed by atoms with E-state index in [-0.39, 0.29) is 24.7 Å². The number of hydrogen-bond acceptors (Lipinski definition) is 4. The zero-order valence-corrected chi connectivity index (χ0v) is 13.2. The number of aliphatic carboxylic acids is 1. The lowest BCUT2D eigenvalue weighted by atomic mass is 10.2. The summed E-state index contributed by atoms with van der Waals surface area (Å²) >= 11 is 0. The minimum atomic E-state index is -3.54. The summed E-state index contributed by atoms with van der Waals surface area (Å²) in [5.74, 6) is -0.545. The molecule has 6 nitrogen and oxygen atoms in total. The number of rotatable bonds is 8. The molecule has 0 fully saturated rings. The summed E-state index contributed by atoms with van der Waals surface area (Å²) in [5, 5.41) is 8.52. The molecule has 0 radical (unpaired) electrons. The van der Waals surface area contributed by atoms with Crippen LogP contribution in [0.25, 0.3) is 0 Å². The fourth-order valence-electron chi connectivity index (χ4n) is 1.73. The van der Waals surface area contributed by atoms with Gasteiger partial charge >= 0.3 is 5.97 Å². The SMILES string of the molecule is Cc1cc(OC(C)C)ccc1NS(=O)(=O)CCCC(=O)O. The fourth-order valence-corrected chi connectivity index (χ4v) is 2.92. The fraction of sp³-hybridized carbons (Fsp3) is 0.500. The molecule has 0 saturated carbocycles. The second kappa shape index (κ2) is 7.31. The van der Waals surface area contributed by atoms with E-state index in [9.17, 15) is 13.2 Å². The van der Waals surface area contributed by atoms with Gasteiger partial charge in [0, 0.05) is 6.42 Å². The lowest BCUT2D eigenvalue weighted by Crippen LogP contribution is -2.18. The van der Waals surface area contributed by atoms with Gasteiger partial charge in [-0.3, -0.25) is 9.52 Å². The summed E-state index contributed by atoms with van der Waals surface area (Å²) in [7, 11) is -3.54. The second-order valence-electron chi connectivity index (χ2n) is 5.06. The Labute approximate surface area is 125 Å². The summed E-state index contributed by atoms with van der Waals surface area (Å²) in [6, 6.07) is 5.10. The molecule has 0 bridgehead atoms. The molecule has 0 amide bonds. The first-order chi connectivity index (χ1) is 9.69. The van der Waals surface area contributed by atoms with Crippen LogP contribution in [0, 0.1) is 6.92 Å². The minimum Gasteiger partial charge on any atom is -0.491 e. The standard InChI is InChI=1S/C14H21NO5S/c1-10(2)20-12-6-7-13(11(3)9-12)15-21(18,19)8-4-5-14(16)17/h6-7,9-10,15H,4-5,8H2,1-3H3,(H,16,17). The Kier molecular flexibility index (Phi) is 6.02. The van der Waals surface area contributed by atoms with Crippen molar-refractivity contribution in [1.82, 2.24) is 0 Å². The Bertz CT molecular complexity index is 595. The molecule has 2 N–H and O–H groups in total. The third-order valence-corrected chi connectivity index (χ3v) is 4.00. The predicted octanol–water partition coefficient (Wildman–Crippen LogP) is 2.39. The van der Waals surface area contributed by atoms with E-state index in [1.807, 2.05) is 13.8 Å². The number of hydrogen-bond donors (Lipinski definition) is 2. The molecule has 0 heterocycles. The molecule has 0 aliphatic rings. The largest absolute Gasteiger partial charge is 0.491 e. The van der Waals surface area contributed by atoms with E-state index in [0.717, 1.165) is 5.56 Å². The first-order valence-electron chi connectivity index (χ1n) is 6.69. The van der Waals surface area contributed by atoms with Crippen molar-refractivity contribution in [2.24, 2.45) is 0 Å². The van der Waals surface area contributed by atoms with Crippen LogP contribution in [0.1, 0.15) is 32.3 Å². The zero-order chi connectivity index (χ0) is 16.0. The molecule has 0 spiro atoms. The topological polar surface area (TPSA) is 92.7 Å². The van der Waals surface area contributed by atoms with Gasteiger partial charge in [0.15, 0.2) is 0 Å². The van der Waals surface area contributed by atoms with E-state index in [1.165, 1.54) is 0 Å². The molecule has 118 valence electrons. The quantitative estimate of drug-likeness (QED) is 0.768. The van der Waals surface area contributed by atoms with Gasteiger partial charge in [-0.05, 0) is 51.0 Å². The molecule has 0 unspecified atom stereocenters. The maximum Gasteiger partial charge on any atom is 0.303 e. The number of carboxylic acid groups (broad SMARTS) is 1. The Morgan fingerprint density at radius 3 is 2.57 bits per heavy atom. The van der Waals surface area contributed by atoms with E-state index >= 15 is 0 Å². The maximum atomic E-state index is 11.9. The van der Waals surface area contributed by atoms with E-state index in [1.54, 1.807) is 25.1 Å². The first kappa shape index (κ1) is 17.3. The van der Waals surface area contributed by atoms with Crippen LogP contribution < -0.4 is 9.46 Å². The number of benzene rings is 1. The third-order valence-electron chi connectivity index (χ3n) is 2.64. The van der Waals surface area contributed by atoms with Crippen molar-refractivity contribution in [3.05, 3.63) is 23.8 Å². The lowest BCUT2D eigenvalue weighted by molar-refractivity contribution is -0.137. The van der Waals surface area contributed by atoms with Crippen LogP contribution in [0.15, 0.2) is 18.2 Å². The number of sulfonamides is 1. The van der Waals surface area contributed by atoms with E-state index in [2.05, 4.69) is 4.72 Å². The molecule has 1 rings (SSSR count). The highest BCUT2D eigenvalue weighted by Gasteiger charge is 2.13. The molecule has 1 aromatic rings. The maximum absolute atomic E-state index is 11.9. The number of carbonyl (C=O) groups is 1. The summed E-state index contributed by atoms with van der Waals surface area (Å²) in [5.41, 5.74) is 1.22. The monoisotopic (exact) mass is 315 g/mol. The Hall–Kier alpha value is -1.76. The highest BCUT2D eigenvalue weighted by atomic mass is 32.2. The van der Waals surface area contributed by atoms with Gasteiger partial charge in [0.2, 0.25) is 10.0 Å². The molecule has 0 atom stereocenters. The van der Waals surface area contributed by atoms with Crippen LogP contribution in [-0.2, 0) is 14.8 Å². The lowest BCUT2D eigenvalue weighted by Gasteiger charge is -2.14. The van der Waals surface area contributed by atoms with Crippen molar-refractivity contribution in [2.75, 3.05) is 10.5 Å². The number of carboxylic acids is 1. The van der Waals surface area contributed by atoms with Crippen LogP contribution in [0.4, 0.5) is 5.69 Å². The molecular formula is C14H21NO5S. The molecule has 0 aliphatic carbocycles. The highest BCUT2D eigenvalue weighted by Crippen LogP contribution is 2.23. The highest BCUT2D eigenvalue weighted by molar-refractivity contribution is 7.92. The summed E-state index contributed by atoms with van der Waals surface area (Å²) in [4.78, 5) is 10.4. The van der Waals surface area contributed by atoms with Gasteiger partial charge in [0.1, 0.15) is 5.75 Å². The Balaban J connectivity index is 2.71. The van der Waals surface area contributed by atoms with Crippen LogP contribution >= 0.6 is 0 Å². The van der Waals surface area contributed by atoms with Gasteiger partial charge in [-0.2, -0.15) is 0 Å².